The smallest absolute Gasteiger partial charge is 0.417 e. The van der Waals surface area contributed by atoms with E-state index in [9.17, 15) is 22.8 Å². The molecule has 0 bridgehead atoms. The number of likely N-dealkylation sites (tertiary alicyclic amines) is 1. The van der Waals surface area contributed by atoms with Crippen molar-refractivity contribution in [2.24, 2.45) is 5.92 Å². The first-order valence-corrected chi connectivity index (χ1v) is 7.53. The SMILES string of the molecule is O=C(O)[C@H]1CCN(C(=O)CCNc2ncc(C(F)(F)F)cc2Cl)C1. The number of aromatic nitrogens is 1. The van der Waals surface area contributed by atoms with Crippen LogP contribution in [0.5, 0.6) is 0 Å². The molecule has 0 spiro atoms. The molecule has 1 atom stereocenters. The first-order chi connectivity index (χ1) is 11.2. The summed E-state index contributed by atoms with van der Waals surface area (Å²) in [6.07, 6.45) is -3.39. The number of anilines is 1. The number of hydrogen-bond donors (Lipinski definition) is 2. The van der Waals surface area contributed by atoms with Crippen molar-refractivity contribution < 1.29 is 27.9 Å². The van der Waals surface area contributed by atoms with Gasteiger partial charge in [-0.05, 0) is 12.5 Å². The molecule has 0 aromatic carbocycles. The highest BCUT2D eigenvalue weighted by Crippen LogP contribution is 2.32. The summed E-state index contributed by atoms with van der Waals surface area (Å²) < 4.78 is 37.5. The van der Waals surface area contributed by atoms with Gasteiger partial charge in [-0.15, -0.1) is 0 Å². The molecule has 1 aliphatic rings. The van der Waals surface area contributed by atoms with E-state index in [2.05, 4.69) is 10.3 Å². The number of carboxylic acids is 1. The normalized spacial score (nSPS) is 17.8. The summed E-state index contributed by atoms with van der Waals surface area (Å²) in [6, 6.07) is 0.761. The van der Waals surface area contributed by atoms with Crippen LogP contribution in [0.1, 0.15) is 18.4 Å². The Kier molecular flexibility index (Phi) is 5.53. The largest absolute Gasteiger partial charge is 0.481 e. The molecule has 2 N–H and O–H groups in total. The number of alkyl halides is 3. The van der Waals surface area contributed by atoms with E-state index in [1.807, 2.05) is 0 Å². The van der Waals surface area contributed by atoms with Crippen molar-refractivity contribution in [3.63, 3.8) is 0 Å². The van der Waals surface area contributed by atoms with E-state index in [1.165, 1.54) is 4.90 Å². The second-order valence-electron chi connectivity index (χ2n) is 5.39. The fourth-order valence-electron chi connectivity index (χ4n) is 2.36. The fraction of sp³-hybridized carbons (Fsp3) is 0.500. The van der Waals surface area contributed by atoms with Gasteiger partial charge in [-0.1, -0.05) is 11.6 Å². The number of amides is 1. The van der Waals surface area contributed by atoms with Gasteiger partial charge in [-0.3, -0.25) is 9.59 Å². The van der Waals surface area contributed by atoms with Crippen LogP contribution in [0, 0.1) is 5.92 Å². The van der Waals surface area contributed by atoms with Crippen LogP contribution < -0.4 is 5.32 Å². The lowest BCUT2D eigenvalue weighted by Crippen LogP contribution is -2.31. The van der Waals surface area contributed by atoms with Crippen molar-refractivity contribution in [1.82, 2.24) is 9.88 Å². The molecule has 10 heteroatoms. The molecule has 1 aromatic rings. The van der Waals surface area contributed by atoms with Gasteiger partial charge in [0.25, 0.3) is 0 Å². The van der Waals surface area contributed by atoms with Gasteiger partial charge in [0.05, 0.1) is 16.5 Å². The summed E-state index contributed by atoms with van der Waals surface area (Å²) >= 11 is 5.75. The monoisotopic (exact) mass is 365 g/mol. The van der Waals surface area contributed by atoms with Crippen molar-refractivity contribution in [3.8, 4) is 0 Å². The van der Waals surface area contributed by atoms with E-state index < -0.39 is 23.6 Å². The van der Waals surface area contributed by atoms with Gasteiger partial charge in [0, 0.05) is 32.3 Å². The van der Waals surface area contributed by atoms with Gasteiger partial charge in [-0.25, -0.2) is 4.98 Å². The topological polar surface area (TPSA) is 82.5 Å². The van der Waals surface area contributed by atoms with E-state index in [0.717, 1.165) is 6.07 Å². The number of nitrogens with zero attached hydrogens (tertiary/aromatic N) is 2. The molecule has 0 aliphatic carbocycles. The summed E-state index contributed by atoms with van der Waals surface area (Å²) in [4.78, 5) is 27.9. The molecule has 1 aliphatic heterocycles. The molecule has 24 heavy (non-hydrogen) atoms. The zero-order chi connectivity index (χ0) is 17.9. The first-order valence-electron chi connectivity index (χ1n) is 7.15. The van der Waals surface area contributed by atoms with Crippen LogP contribution in [0.15, 0.2) is 12.3 Å². The fourth-order valence-corrected chi connectivity index (χ4v) is 2.59. The molecule has 2 heterocycles. The predicted molar refractivity (Wildman–Crippen MR) is 79.7 cm³/mol. The summed E-state index contributed by atoms with van der Waals surface area (Å²) in [6.45, 7) is 0.688. The molecule has 1 fully saturated rings. The van der Waals surface area contributed by atoms with E-state index in [-0.39, 0.29) is 36.3 Å². The second-order valence-corrected chi connectivity index (χ2v) is 5.80. The third kappa shape index (κ3) is 4.50. The van der Waals surface area contributed by atoms with Crippen LogP contribution in [0.3, 0.4) is 0 Å². The van der Waals surface area contributed by atoms with Gasteiger partial charge in [0.1, 0.15) is 5.82 Å². The second kappa shape index (κ2) is 7.25. The Bertz CT molecular complexity index is 639. The maximum atomic E-state index is 12.5. The van der Waals surface area contributed by atoms with E-state index in [0.29, 0.717) is 19.2 Å². The van der Waals surface area contributed by atoms with Crippen molar-refractivity contribution in [1.29, 1.82) is 0 Å². The van der Waals surface area contributed by atoms with Crippen molar-refractivity contribution in [2.45, 2.75) is 19.0 Å². The van der Waals surface area contributed by atoms with Crippen LogP contribution in [0.2, 0.25) is 5.02 Å². The maximum absolute atomic E-state index is 12.5. The number of carbonyl (C=O) groups is 2. The van der Waals surface area contributed by atoms with Gasteiger partial charge in [0.2, 0.25) is 5.91 Å². The molecule has 1 aromatic heterocycles. The van der Waals surface area contributed by atoms with Gasteiger partial charge >= 0.3 is 12.1 Å². The predicted octanol–water partition coefficient (Wildman–Crippen LogP) is 2.49. The zero-order valence-electron chi connectivity index (χ0n) is 12.4. The standard InChI is InChI=1S/C14H15ClF3N3O3/c15-10-5-9(14(16,17)18)6-20-12(10)19-3-1-11(22)21-4-2-8(7-21)13(23)24/h5-6,8H,1-4,7H2,(H,19,20)(H,23,24)/t8-/m0/s1. The summed E-state index contributed by atoms with van der Waals surface area (Å²) in [5.74, 6) is -1.64. The van der Waals surface area contributed by atoms with Gasteiger partial charge < -0.3 is 15.3 Å². The van der Waals surface area contributed by atoms with Gasteiger partial charge in [-0.2, -0.15) is 13.2 Å². The lowest BCUT2D eigenvalue weighted by molar-refractivity contribution is -0.141. The Balaban J connectivity index is 1.84. The van der Waals surface area contributed by atoms with Crippen LogP contribution in [-0.4, -0.2) is 46.5 Å². The first kappa shape index (κ1) is 18.3. The Morgan fingerprint density at radius 2 is 2.17 bits per heavy atom. The summed E-state index contributed by atoms with van der Waals surface area (Å²) in [5, 5.41) is 11.4. The lowest BCUT2D eigenvalue weighted by atomic mass is 10.1. The van der Waals surface area contributed by atoms with Crippen LogP contribution in [-0.2, 0) is 15.8 Å². The Morgan fingerprint density at radius 3 is 2.71 bits per heavy atom. The number of pyridine rings is 1. The molecule has 0 saturated carbocycles. The average molecular weight is 366 g/mol. The van der Waals surface area contributed by atoms with E-state index in [4.69, 9.17) is 16.7 Å². The maximum Gasteiger partial charge on any atom is 0.417 e. The quantitative estimate of drug-likeness (QED) is 0.837. The Hall–Kier alpha value is -2.03. The molecule has 1 amide bonds. The molecule has 6 nitrogen and oxygen atoms in total. The number of carboxylic acid groups (broad SMARTS) is 1. The van der Waals surface area contributed by atoms with Crippen LogP contribution in [0.25, 0.3) is 0 Å². The number of aliphatic carboxylic acids is 1. The van der Waals surface area contributed by atoms with Crippen LogP contribution in [0.4, 0.5) is 19.0 Å². The van der Waals surface area contributed by atoms with Crippen LogP contribution >= 0.6 is 11.6 Å². The minimum Gasteiger partial charge on any atom is -0.481 e. The molecule has 132 valence electrons. The third-order valence-electron chi connectivity index (χ3n) is 3.69. The highest BCUT2D eigenvalue weighted by atomic mass is 35.5. The molecular formula is C14H15ClF3N3O3. The minimum absolute atomic E-state index is 0.0577. The Morgan fingerprint density at radius 1 is 1.46 bits per heavy atom. The zero-order valence-corrected chi connectivity index (χ0v) is 13.2. The van der Waals surface area contributed by atoms with Crippen molar-refractivity contribution in [2.75, 3.05) is 25.0 Å². The number of halogens is 4. The van der Waals surface area contributed by atoms with Crippen molar-refractivity contribution in [3.05, 3.63) is 22.8 Å². The van der Waals surface area contributed by atoms with E-state index in [1.54, 1.807) is 0 Å². The number of rotatable bonds is 5. The molecule has 0 radical (unpaired) electrons. The number of nitrogens with one attached hydrogen (secondary N) is 1. The highest BCUT2D eigenvalue weighted by Gasteiger charge is 2.32. The molecule has 0 unspecified atom stereocenters. The average Bonchev–Trinajstić information content (AvgIpc) is 2.98. The summed E-state index contributed by atoms with van der Waals surface area (Å²) in [5.41, 5.74) is -0.953. The van der Waals surface area contributed by atoms with Crippen molar-refractivity contribution >= 4 is 29.3 Å². The number of carbonyl (C=O) groups excluding carboxylic acids is 1. The number of hydrogen-bond acceptors (Lipinski definition) is 4. The molecular weight excluding hydrogens is 351 g/mol. The van der Waals surface area contributed by atoms with E-state index >= 15 is 0 Å². The molecule has 2 rings (SSSR count). The lowest BCUT2D eigenvalue weighted by Gasteiger charge is -2.16. The minimum atomic E-state index is -4.53. The van der Waals surface area contributed by atoms with Gasteiger partial charge in [0.15, 0.2) is 0 Å². The third-order valence-corrected chi connectivity index (χ3v) is 3.98. The summed E-state index contributed by atoms with van der Waals surface area (Å²) in [7, 11) is 0. The Labute approximate surface area is 140 Å². The highest BCUT2D eigenvalue weighted by molar-refractivity contribution is 6.32. The molecule has 1 saturated heterocycles.